The molecule has 1 aromatic heterocycles. The van der Waals surface area contributed by atoms with Gasteiger partial charge in [0, 0.05) is 28.5 Å². The quantitative estimate of drug-likeness (QED) is 0.895. The van der Waals surface area contributed by atoms with Gasteiger partial charge in [0.25, 0.3) is 0 Å². The van der Waals surface area contributed by atoms with Crippen LogP contribution in [0, 0.1) is 6.92 Å². The molecule has 0 saturated carbocycles. The van der Waals surface area contributed by atoms with Gasteiger partial charge in [-0.3, -0.25) is 4.98 Å². The Kier molecular flexibility index (Phi) is 4.56. The lowest BCUT2D eigenvalue weighted by molar-refractivity contribution is 0.598. The molecule has 0 aliphatic rings. The van der Waals surface area contributed by atoms with Crippen LogP contribution >= 0.6 is 11.6 Å². The molecule has 1 aromatic carbocycles. The zero-order valence-corrected chi connectivity index (χ0v) is 12.3. The van der Waals surface area contributed by atoms with E-state index in [0.717, 1.165) is 34.0 Å². The molecule has 3 heteroatoms. The number of benzene rings is 1. The summed E-state index contributed by atoms with van der Waals surface area (Å²) in [4.78, 5) is 4.32. The van der Waals surface area contributed by atoms with Crippen molar-refractivity contribution in [2.75, 3.05) is 6.54 Å². The lowest BCUT2D eigenvalue weighted by Crippen LogP contribution is -2.17. The van der Waals surface area contributed by atoms with E-state index in [1.807, 2.05) is 25.3 Å². The summed E-state index contributed by atoms with van der Waals surface area (Å²) in [5.74, 6) is 0. The second-order valence-electron chi connectivity index (χ2n) is 4.70. The van der Waals surface area contributed by atoms with Gasteiger partial charge in [-0.25, -0.2) is 0 Å². The maximum absolute atomic E-state index is 6.38. The monoisotopic (exact) mass is 274 g/mol. The SMILES string of the molecule is CCNC(C)c1ccc(-c2ccc(C)nc2)cc1Cl. The predicted molar refractivity (Wildman–Crippen MR) is 81.5 cm³/mol. The molecule has 0 saturated heterocycles. The highest BCUT2D eigenvalue weighted by Crippen LogP contribution is 2.28. The first-order valence-electron chi connectivity index (χ1n) is 6.57. The first-order valence-corrected chi connectivity index (χ1v) is 6.95. The Morgan fingerprint density at radius 2 is 1.95 bits per heavy atom. The van der Waals surface area contributed by atoms with Crippen LogP contribution in [-0.2, 0) is 0 Å². The molecular formula is C16H19ClN2. The summed E-state index contributed by atoms with van der Waals surface area (Å²) >= 11 is 6.38. The summed E-state index contributed by atoms with van der Waals surface area (Å²) < 4.78 is 0. The third-order valence-corrected chi connectivity index (χ3v) is 3.55. The van der Waals surface area contributed by atoms with Gasteiger partial charge in [-0.05, 0) is 43.7 Å². The van der Waals surface area contributed by atoms with Gasteiger partial charge in [0.15, 0.2) is 0 Å². The molecular weight excluding hydrogens is 256 g/mol. The largest absolute Gasteiger partial charge is 0.310 e. The molecule has 2 rings (SSSR count). The number of nitrogens with zero attached hydrogens (tertiary/aromatic N) is 1. The van der Waals surface area contributed by atoms with Crippen molar-refractivity contribution in [2.45, 2.75) is 26.8 Å². The average molecular weight is 275 g/mol. The first-order chi connectivity index (χ1) is 9.11. The lowest BCUT2D eigenvalue weighted by Gasteiger charge is -2.15. The van der Waals surface area contributed by atoms with Gasteiger partial charge in [0.2, 0.25) is 0 Å². The van der Waals surface area contributed by atoms with Gasteiger partial charge < -0.3 is 5.32 Å². The molecule has 0 fully saturated rings. The topological polar surface area (TPSA) is 24.9 Å². The Morgan fingerprint density at radius 1 is 1.21 bits per heavy atom. The van der Waals surface area contributed by atoms with Gasteiger partial charge >= 0.3 is 0 Å². The number of nitrogens with one attached hydrogen (secondary N) is 1. The van der Waals surface area contributed by atoms with Crippen LogP contribution in [-0.4, -0.2) is 11.5 Å². The standard InChI is InChI=1S/C16H19ClN2/c1-4-18-12(3)15-8-7-13(9-16(15)17)14-6-5-11(2)19-10-14/h5-10,12,18H,4H2,1-3H3. The minimum atomic E-state index is 0.266. The zero-order chi connectivity index (χ0) is 13.8. The van der Waals surface area contributed by atoms with Crippen molar-refractivity contribution < 1.29 is 0 Å². The molecule has 19 heavy (non-hydrogen) atoms. The van der Waals surface area contributed by atoms with Crippen LogP contribution in [0.2, 0.25) is 5.02 Å². The highest BCUT2D eigenvalue weighted by Gasteiger charge is 2.09. The molecule has 1 atom stereocenters. The molecule has 0 amide bonds. The maximum atomic E-state index is 6.38. The van der Waals surface area contributed by atoms with Gasteiger partial charge in [0.05, 0.1) is 0 Å². The third kappa shape index (κ3) is 3.34. The van der Waals surface area contributed by atoms with E-state index in [0.29, 0.717) is 0 Å². The summed E-state index contributed by atoms with van der Waals surface area (Å²) in [6.07, 6.45) is 1.88. The van der Waals surface area contributed by atoms with E-state index in [-0.39, 0.29) is 6.04 Å². The maximum Gasteiger partial charge on any atom is 0.0459 e. The van der Waals surface area contributed by atoms with E-state index >= 15 is 0 Å². The Balaban J connectivity index is 2.30. The highest BCUT2D eigenvalue weighted by molar-refractivity contribution is 6.31. The molecule has 1 N–H and O–H groups in total. The number of aryl methyl sites for hydroxylation is 1. The number of hydrogen-bond acceptors (Lipinski definition) is 2. The van der Waals surface area contributed by atoms with Gasteiger partial charge in [-0.15, -0.1) is 0 Å². The first kappa shape index (κ1) is 14.0. The summed E-state index contributed by atoms with van der Waals surface area (Å²) in [5.41, 5.74) is 4.35. The Bertz CT molecular complexity index is 549. The van der Waals surface area contributed by atoms with Gasteiger partial charge in [0.1, 0.15) is 0 Å². The van der Waals surface area contributed by atoms with Crippen LogP contribution < -0.4 is 5.32 Å². The van der Waals surface area contributed by atoms with Crippen molar-refractivity contribution in [3.63, 3.8) is 0 Å². The summed E-state index contributed by atoms with van der Waals surface area (Å²) in [6.45, 7) is 7.13. The number of aromatic nitrogens is 1. The fraction of sp³-hybridized carbons (Fsp3) is 0.312. The van der Waals surface area contributed by atoms with Crippen LogP contribution in [0.15, 0.2) is 36.5 Å². The zero-order valence-electron chi connectivity index (χ0n) is 11.6. The fourth-order valence-electron chi connectivity index (χ4n) is 2.11. The molecule has 0 radical (unpaired) electrons. The van der Waals surface area contributed by atoms with Crippen molar-refractivity contribution in [3.8, 4) is 11.1 Å². The predicted octanol–water partition coefficient (Wildman–Crippen LogP) is 4.38. The van der Waals surface area contributed by atoms with E-state index < -0.39 is 0 Å². The molecule has 1 heterocycles. The molecule has 0 spiro atoms. The number of rotatable bonds is 4. The molecule has 2 nitrogen and oxygen atoms in total. The molecule has 2 aromatic rings. The van der Waals surface area contributed by atoms with Crippen molar-refractivity contribution in [3.05, 3.63) is 52.8 Å². The molecule has 0 aliphatic carbocycles. The highest BCUT2D eigenvalue weighted by atomic mass is 35.5. The van der Waals surface area contributed by atoms with E-state index in [2.05, 4.69) is 42.3 Å². The van der Waals surface area contributed by atoms with Crippen LogP contribution in [0.25, 0.3) is 11.1 Å². The van der Waals surface area contributed by atoms with Crippen molar-refractivity contribution >= 4 is 11.6 Å². The van der Waals surface area contributed by atoms with Gasteiger partial charge in [-0.1, -0.05) is 36.7 Å². The molecule has 1 unspecified atom stereocenters. The normalized spacial score (nSPS) is 12.4. The van der Waals surface area contributed by atoms with Crippen LogP contribution in [0.5, 0.6) is 0 Å². The average Bonchev–Trinajstić information content (AvgIpc) is 2.39. The van der Waals surface area contributed by atoms with Crippen molar-refractivity contribution in [1.29, 1.82) is 0 Å². The van der Waals surface area contributed by atoms with E-state index in [1.165, 1.54) is 0 Å². The van der Waals surface area contributed by atoms with Crippen LogP contribution in [0.4, 0.5) is 0 Å². The minimum Gasteiger partial charge on any atom is -0.310 e. The van der Waals surface area contributed by atoms with E-state index in [9.17, 15) is 0 Å². The summed E-state index contributed by atoms with van der Waals surface area (Å²) in [5, 5.41) is 4.17. The molecule has 0 bridgehead atoms. The lowest BCUT2D eigenvalue weighted by atomic mass is 10.0. The van der Waals surface area contributed by atoms with Crippen LogP contribution in [0.3, 0.4) is 0 Å². The minimum absolute atomic E-state index is 0.266. The summed E-state index contributed by atoms with van der Waals surface area (Å²) in [6, 6.07) is 10.5. The van der Waals surface area contributed by atoms with Crippen molar-refractivity contribution in [2.24, 2.45) is 0 Å². The Labute approximate surface area is 119 Å². The Hall–Kier alpha value is -1.38. The molecule has 0 aliphatic heterocycles. The molecule has 100 valence electrons. The van der Waals surface area contributed by atoms with E-state index in [4.69, 9.17) is 11.6 Å². The van der Waals surface area contributed by atoms with E-state index in [1.54, 1.807) is 0 Å². The number of halogens is 1. The van der Waals surface area contributed by atoms with Crippen molar-refractivity contribution in [1.82, 2.24) is 10.3 Å². The fourth-order valence-corrected chi connectivity index (χ4v) is 2.46. The number of hydrogen-bond donors (Lipinski definition) is 1. The smallest absolute Gasteiger partial charge is 0.0459 e. The Morgan fingerprint density at radius 3 is 2.53 bits per heavy atom. The number of pyridine rings is 1. The second kappa shape index (κ2) is 6.18. The summed E-state index contributed by atoms with van der Waals surface area (Å²) in [7, 11) is 0. The second-order valence-corrected chi connectivity index (χ2v) is 5.11. The van der Waals surface area contributed by atoms with Crippen LogP contribution in [0.1, 0.15) is 31.1 Å². The van der Waals surface area contributed by atoms with Gasteiger partial charge in [-0.2, -0.15) is 0 Å². The third-order valence-electron chi connectivity index (χ3n) is 3.22.